The molecule has 6 nitrogen and oxygen atoms in total. The molecule has 3 aromatic rings. The molecule has 1 aliphatic rings. The van der Waals surface area contributed by atoms with Crippen molar-refractivity contribution in [2.45, 2.75) is 19.4 Å². The molecule has 1 unspecified atom stereocenters. The summed E-state index contributed by atoms with van der Waals surface area (Å²) in [7, 11) is 1.84. The van der Waals surface area contributed by atoms with E-state index in [0.29, 0.717) is 6.04 Å². The molecule has 0 N–H and O–H groups in total. The van der Waals surface area contributed by atoms with Crippen LogP contribution >= 0.6 is 0 Å². The molecule has 0 fully saturated rings. The van der Waals surface area contributed by atoms with Gasteiger partial charge in [-0.2, -0.15) is 0 Å². The lowest BCUT2D eigenvalue weighted by molar-refractivity contribution is 0.729. The zero-order chi connectivity index (χ0) is 13.7. The first-order valence-electron chi connectivity index (χ1n) is 6.63. The molecular formula is C14H14N6. The molecule has 20 heavy (non-hydrogen) atoms. The third-order valence-corrected chi connectivity index (χ3v) is 3.80. The highest BCUT2D eigenvalue weighted by Crippen LogP contribution is 2.38. The number of hydrogen-bond donors (Lipinski definition) is 0. The Balaban J connectivity index is 1.96. The van der Waals surface area contributed by atoms with E-state index in [1.807, 2.05) is 7.05 Å². The molecular weight excluding hydrogens is 252 g/mol. The molecule has 0 saturated carbocycles. The summed E-state index contributed by atoms with van der Waals surface area (Å²) in [6.07, 6.45) is 2.59. The second kappa shape index (κ2) is 4.00. The van der Waals surface area contributed by atoms with Gasteiger partial charge in [-0.15, -0.1) is 5.10 Å². The van der Waals surface area contributed by atoms with E-state index in [0.717, 1.165) is 23.4 Å². The molecule has 1 atom stereocenters. The first kappa shape index (κ1) is 11.3. The largest absolute Gasteiger partial charge is 0.321 e. The van der Waals surface area contributed by atoms with E-state index < -0.39 is 0 Å². The summed E-state index contributed by atoms with van der Waals surface area (Å²) < 4.78 is 1.67. The summed E-state index contributed by atoms with van der Waals surface area (Å²) >= 11 is 0. The van der Waals surface area contributed by atoms with Crippen molar-refractivity contribution in [3.8, 4) is 0 Å². The van der Waals surface area contributed by atoms with Gasteiger partial charge in [0.15, 0.2) is 17.0 Å². The van der Waals surface area contributed by atoms with E-state index in [1.165, 1.54) is 11.3 Å². The maximum atomic E-state index is 4.45. The number of aryl methyl sites for hydroxylation is 1. The van der Waals surface area contributed by atoms with Crippen LogP contribution in [0.3, 0.4) is 0 Å². The van der Waals surface area contributed by atoms with Gasteiger partial charge in [0, 0.05) is 18.8 Å². The summed E-state index contributed by atoms with van der Waals surface area (Å²) in [5.74, 6) is 0.834. The van der Waals surface area contributed by atoms with E-state index in [2.05, 4.69) is 56.4 Å². The molecule has 4 rings (SSSR count). The van der Waals surface area contributed by atoms with Crippen LogP contribution in [0.25, 0.3) is 11.2 Å². The van der Waals surface area contributed by atoms with Crippen LogP contribution < -0.4 is 4.90 Å². The highest BCUT2D eigenvalue weighted by Gasteiger charge is 2.30. The van der Waals surface area contributed by atoms with Gasteiger partial charge in [-0.05, 0) is 25.0 Å². The molecule has 0 aliphatic carbocycles. The van der Waals surface area contributed by atoms with Gasteiger partial charge in [-0.25, -0.2) is 14.6 Å². The Kier molecular flexibility index (Phi) is 2.26. The number of fused-ring (bicyclic) bond motifs is 2. The average Bonchev–Trinajstić information content (AvgIpc) is 2.99. The van der Waals surface area contributed by atoms with Crippen LogP contribution in [0.2, 0.25) is 0 Å². The Morgan fingerprint density at radius 3 is 2.95 bits per heavy atom. The summed E-state index contributed by atoms with van der Waals surface area (Å²) in [4.78, 5) is 10.9. The van der Waals surface area contributed by atoms with Crippen LogP contribution in [0.15, 0.2) is 30.6 Å². The van der Waals surface area contributed by atoms with E-state index >= 15 is 0 Å². The first-order valence-corrected chi connectivity index (χ1v) is 6.63. The molecule has 0 radical (unpaired) electrons. The lowest BCUT2D eigenvalue weighted by Gasteiger charge is -2.23. The second-order valence-corrected chi connectivity index (χ2v) is 5.13. The van der Waals surface area contributed by atoms with Crippen molar-refractivity contribution < 1.29 is 0 Å². The maximum Gasteiger partial charge on any atom is 0.183 e. The highest BCUT2D eigenvalue weighted by molar-refractivity contribution is 5.87. The summed E-state index contributed by atoms with van der Waals surface area (Å²) in [5.41, 5.74) is 4.05. The van der Waals surface area contributed by atoms with Crippen molar-refractivity contribution in [1.29, 1.82) is 0 Å². The van der Waals surface area contributed by atoms with Gasteiger partial charge in [0.05, 0.1) is 0 Å². The average molecular weight is 266 g/mol. The van der Waals surface area contributed by atoms with Crippen LogP contribution in [0.5, 0.6) is 0 Å². The number of hydrogen-bond acceptors (Lipinski definition) is 5. The van der Waals surface area contributed by atoms with Crippen LogP contribution in [0.4, 0.5) is 11.5 Å². The molecule has 1 aliphatic heterocycles. The number of rotatable bonds is 1. The number of aromatic nitrogens is 5. The molecule has 0 saturated heterocycles. The minimum absolute atomic E-state index is 0.354. The van der Waals surface area contributed by atoms with Crippen LogP contribution in [-0.4, -0.2) is 31.0 Å². The Bertz CT molecular complexity index is 793. The van der Waals surface area contributed by atoms with E-state index in [9.17, 15) is 0 Å². The van der Waals surface area contributed by atoms with Crippen molar-refractivity contribution in [1.82, 2.24) is 25.0 Å². The van der Waals surface area contributed by atoms with Crippen molar-refractivity contribution in [2.24, 2.45) is 7.05 Å². The maximum absolute atomic E-state index is 4.45. The zero-order valence-electron chi connectivity index (χ0n) is 11.4. The van der Waals surface area contributed by atoms with Crippen molar-refractivity contribution in [2.75, 3.05) is 4.90 Å². The first-order chi connectivity index (χ1) is 9.75. The standard InChI is InChI=1S/C14H14N6/c1-9-7-10-5-3-4-6-11(10)20(9)14-12-13(15-8-16-14)19(2)18-17-12/h3-6,8-9H,7H2,1-2H3. The third-order valence-electron chi connectivity index (χ3n) is 3.80. The molecule has 0 spiro atoms. The van der Waals surface area contributed by atoms with Gasteiger partial charge in [0.1, 0.15) is 6.33 Å². The molecule has 6 heteroatoms. The van der Waals surface area contributed by atoms with Crippen molar-refractivity contribution >= 4 is 22.7 Å². The Hall–Kier alpha value is -2.50. The fraction of sp³-hybridized carbons (Fsp3) is 0.286. The third kappa shape index (κ3) is 1.44. The molecule has 100 valence electrons. The smallest absolute Gasteiger partial charge is 0.183 e. The summed E-state index contributed by atoms with van der Waals surface area (Å²) in [6, 6.07) is 8.78. The number of benzene rings is 1. The Morgan fingerprint density at radius 1 is 1.20 bits per heavy atom. The predicted molar refractivity (Wildman–Crippen MR) is 75.8 cm³/mol. The van der Waals surface area contributed by atoms with Crippen LogP contribution in [0, 0.1) is 0 Å². The van der Waals surface area contributed by atoms with Gasteiger partial charge >= 0.3 is 0 Å². The van der Waals surface area contributed by atoms with Gasteiger partial charge in [-0.3, -0.25) is 0 Å². The fourth-order valence-corrected chi connectivity index (χ4v) is 2.91. The van der Waals surface area contributed by atoms with Gasteiger partial charge in [0.2, 0.25) is 0 Å². The van der Waals surface area contributed by atoms with Gasteiger partial charge in [-0.1, -0.05) is 23.4 Å². The van der Waals surface area contributed by atoms with Gasteiger partial charge in [0.25, 0.3) is 0 Å². The predicted octanol–water partition coefficient (Wildman–Crippen LogP) is 1.84. The van der Waals surface area contributed by atoms with Gasteiger partial charge < -0.3 is 4.90 Å². The Labute approximate surface area is 116 Å². The number of anilines is 2. The lowest BCUT2D eigenvalue weighted by Crippen LogP contribution is -2.25. The van der Waals surface area contributed by atoms with E-state index in [-0.39, 0.29) is 0 Å². The quantitative estimate of drug-likeness (QED) is 0.672. The van der Waals surface area contributed by atoms with Crippen LogP contribution in [-0.2, 0) is 13.5 Å². The number of para-hydroxylation sites is 1. The summed E-state index contributed by atoms with van der Waals surface area (Å²) in [6.45, 7) is 2.20. The van der Waals surface area contributed by atoms with Crippen molar-refractivity contribution in [3.63, 3.8) is 0 Å². The van der Waals surface area contributed by atoms with Crippen molar-refractivity contribution in [3.05, 3.63) is 36.2 Å². The van der Waals surface area contributed by atoms with E-state index in [1.54, 1.807) is 11.0 Å². The molecule has 0 amide bonds. The zero-order valence-corrected chi connectivity index (χ0v) is 11.4. The Morgan fingerprint density at radius 2 is 2.05 bits per heavy atom. The summed E-state index contributed by atoms with van der Waals surface area (Å²) in [5, 5.41) is 8.26. The molecule has 0 bridgehead atoms. The minimum atomic E-state index is 0.354. The SMILES string of the molecule is CC1Cc2ccccc2N1c1ncnc2c1nnn2C. The lowest BCUT2D eigenvalue weighted by atomic mass is 10.1. The minimum Gasteiger partial charge on any atom is -0.321 e. The molecule has 1 aromatic carbocycles. The highest BCUT2D eigenvalue weighted by atomic mass is 15.4. The van der Waals surface area contributed by atoms with Crippen LogP contribution in [0.1, 0.15) is 12.5 Å². The topological polar surface area (TPSA) is 59.7 Å². The monoisotopic (exact) mass is 266 g/mol. The molecule has 2 aromatic heterocycles. The second-order valence-electron chi connectivity index (χ2n) is 5.13. The fourth-order valence-electron chi connectivity index (χ4n) is 2.91. The molecule has 3 heterocycles. The number of nitrogens with zero attached hydrogens (tertiary/aromatic N) is 6. The normalized spacial score (nSPS) is 17.7. The van der Waals surface area contributed by atoms with E-state index in [4.69, 9.17) is 0 Å².